The zero-order chi connectivity index (χ0) is 21.4. The van der Waals surface area contributed by atoms with Gasteiger partial charge in [-0.1, -0.05) is 49.7 Å². The largest absolute Gasteiger partial charge is 0.324 e. The first-order chi connectivity index (χ1) is 14.3. The third kappa shape index (κ3) is 2.25. The average Bonchev–Trinajstić information content (AvgIpc) is 3.28. The van der Waals surface area contributed by atoms with Gasteiger partial charge in [0.25, 0.3) is 0 Å². The van der Waals surface area contributed by atoms with E-state index in [-0.39, 0.29) is 29.7 Å². The van der Waals surface area contributed by atoms with Gasteiger partial charge in [-0.15, -0.1) is 0 Å². The lowest BCUT2D eigenvalue weighted by molar-refractivity contribution is -0.130. The molecule has 3 amide bonds. The maximum absolute atomic E-state index is 13.8. The Morgan fingerprint density at radius 1 is 1.00 bits per heavy atom. The fourth-order valence-electron chi connectivity index (χ4n) is 5.56. The number of para-hydroxylation sites is 1. The molecule has 0 aromatic heterocycles. The molecule has 4 atom stereocenters. The van der Waals surface area contributed by atoms with Crippen molar-refractivity contribution >= 4 is 29.1 Å². The average molecular weight is 403 g/mol. The summed E-state index contributed by atoms with van der Waals surface area (Å²) < 4.78 is 0. The van der Waals surface area contributed by atoms with E-state index in [1.165, 1.54) is 4.90 Å². The minimum atomic E-state index is -1.23. The van der Waals surface area contributed by atoms with Crippen LogP contribution in [0.15, 0.2) is 42.5 Å². The predicted octanol–water partition coefficient (Wildman–Crippen LogP) is 2.88. The molecule has 0 aliphatic carbocycles. The Morgan fingerprint density at radius 3 is 2.43 bits per heavy atom. The van der Waals surface area contributed by atoms with E-state index in [9.17, 15) is 14.4 Å². The molecule has 6 heteroatoms. The molecule has 3 aliphatic heterocycles. The van der Waals surface area contributed by atoms with Crippen LogP contribution in [0.25, 0.3) is 0 Å². The second kappa shape index (κ2) is 6.25. The molecule has 2 fully saturated rings. The molecular formula is C24H25N3O3. The lowest BCUT2D eigenvalue weighted by Crippen LogP contribution is -2.54. The van der Waals surface area contributed by atoms with Crippen LogP contribution in [0, 0.1) is 31.6 Å². The number of amides is 3. The summed E-state index contributed by atoms with van der Waals surface area (Å²) in [6, 6.07) is 12.9. The van der Waals surface area contributed by atoms with E-state index in [4.69, 9.17) is 0 Å². The van der Waals surface area contributed by atoms with Gasteiger partial charge in [-0.05, 0) is 37.5 Å². The van der Waals surface area contributed by atoms with Gasteiger partial charge in [0.2, 0.25) is 17.7 Å². The molecule has 3 aliphatic rings. The molecule has 2 aromatic rings. The zero-order valence-electron chi connectivity index (χ0n) is 17.5. The molecule has 0 unspecified atom stereocenters. The third-order valence-corrected chi connectivity index (χ3v) is 6.87. The number of imide groups is 1. The standard InChI is InChI=1S/C24H25N3O3/c1-12(2)20-18-19(24(26-20)15-7-5-6-8-16(15)25-23(24)30)22(29)27(21(18)28)17-10-9-13(3)11-14(17)4/h5-12,18-20,26H,1-4H3,(H,25,30)/t18-,19-,20-,24-/m0/s1. The topological polar surface area (TPSA) is 78.5 Å². The molecule has 6 nitrogen and oxygen atoms in total. The number of fused-ring (bicyclic) bond motifs is 4. The van der Waals surface area contributed by atoms with Crippen LogP contribution in [0.3, 0.4) is 0 Å². The summed E-state index contributed by atoms with van der Waals surface area (Å²) >= 11 is 0. The lowest BCUT2D eigenvalue weighted by Gasteiger charge is -2.30. The molecule has 5 rings (SSSR count). The molecule has 2 saturated heterocycles. The van der Waals surface area contributed by atoms with E-state index >= 15 is 0 Å². The number of carbonyl (C=O) groups excluding carboxylic acids is 3. The minimum Gasteiger partial charge on any atom is -0.324 e. The highest BCUT2D eigenvalue weighted by molar-refractivity contribution is 6.26. The van der Waals surface area contributed by atoms with Gasteiger partial charge < -0.3 is 5.32 Å². The number of benzene rings is 2. The maximum atomic E-state index is 13.8. The number of anilines is 2. The van der Waals surface area contributed by atoms with Crippen LogP contribution in [0.1, 0.15) is 30.5 Å². The molecule has 3 heterocycles. The number of hydrogen-bond acceptors (Lipinski definition) is 4. The Bertz CT molecular complexity index is 1110. The monoisotopic (exact) mass is 403 g/mol. The zero-order valence-corrected chi connectivity index (χ0v) is 17.5. The van der Waals surface area contributed by atoms with Gasteiger partial charge in [-0.2, -0.15) is 0 Å². The summed E-state index contributed by atoms with van der Waals surface area (Å²) in [7, 11) is 0. The molecule has 0 bridgehead atoms. The van der Waals surface area contributed by atoms with Crippen molar-refractivity contribution in [1.82, 2.24) is 5.32 Å². The fraction of sp³-hybridized carbons (Fsp3) is 0.375. The first-order valence-corrected chi connectivity index (χ1v) is 10.4. The van der Waals surface area contributed by atoms with Gasteiger partial charge in [0, 0.05) is 17.3 Å². The summed E-state index contributed by atoms with van der Waals surface area (Å²) in [5.41, 5.74) is 2.76. The minimum absolute atomic E-state index is 0.0771. The van der Waals surface area contributed by atoms with Crippen molar-refractivity contribution in [2.75, 3.05) is 10.2 Å². The van der Waals surface area contributed by atoms with Crippen LogP contribution in [0.5, 0.6) is 0 Å². The van der Waals surface area contributed by atoms with Crippen molar-refractivity contribution in [3.8, 4) is 0 Å². The summed E-state index contributed by atoms with van der Waals surface area (Å²) in [6.45, 7) is 7.92. The Labute approximate surface area is 175 Å². The first kappa shape index (κ1) is 19.0. The summed E-state index contributed by atoms with van der Waals surface area (Å²) in [5, 5.41) is 6.38. The van der Waals surface area contributed by atoms with Crippen LogP contribution in [-0.2, 0) is 19.9 Å². The highest BCUT2D eigenvalue weighted by Crippen LogP contribution is 2.54. The predicted molar refractivity (Wildman–Crippen MR) is 114 cm³/mol. The number of nitrogens with one attached hydrogen (secondary N) is 2. The SMILES string of the molecule is Cc1ccc(N2C(=O)[C@H]3[C@@H](C2=O)[C@]2(N[C@H]3C(C)C)C(=O)Nc3ccccc32)c(C)c1. The van der Waals surface area contributed by atoms with Crippen LogP contribution >= 0.6 is 0 Å². The van der Waals surface area contributed by atoms with Crippen molar-refractivity contribution in [3.05, 3.63) is 59.2 Å². The molecule has 1 spiro atoms. The number of carbonyl (C=O) groups is 3. The van der Waals surface area contributed by atoms with Gasteiger partial charge in [0.1, 0.15) is 5.54 Å². The highest BCUT2D eigenvalue weighted by Gasteiger charge is 2.71. The van der Waals surface area contributed by atoms with Gasteiger partial charge >= 0.3 is 0 Å². The van der Waals surface area contributed by atoms with E-state index in [1.54, 1.807) is 0 Å². The molecule has 2 N–H and O–H groups in total. The van der Waals surface area contributed by atoms with Crippen molar-refractivity contribution in [1.29, 1.82) is 0 Å². The van der Waals surface area contributed by atoms with Crippen LogP contribution < -0.4 is 15.5 Å². The second-order valence-corrected chi connectivity index (χ2v) is 9.03. The van der Waals surface area contributed by atoms with E-state index in [0.717, 1.165) is 16.7 Å². The van der Waals surface area contributed by atoms with E-state index in [2.05, 4.69) is 10.6 Å². The Morgan fingerprint density at radius 2 is 1.73 bits per heavy atom. The summed E-state index contributed by atoms with van der Waals surface area (Å²) in [5.74, 6) is -2.08. The van der Waals surface area contributed by atoms with E-state index < -0.39 is 17.4 Å². The molecule has 0 radical (unpaired) electrons. The Balaban J connectivity index is 1.70. The van der Waals surface area contributed by atoms with Gasteiger partial charge in [0.15, 0.2) is 0 Å². The van der Waals surface area contributed by atoms with E-state index in [1.807, 2.05) is 70.2 Å². The highest BCUT2D eigenvalue weighted by atomic mass is 16.2. The maximum Gasteiger partial charge on any atom is 0.250 e. The summed E-state index contributed by atoms with van der Waals surface area (Å²) in [6.07, 6.45) is 0. The van der Waals surface area contributed by atoms with Crippen molar-refractivity contribution in [3.63, 3.8) is 0 Å². The fourth-order valence-corrected chi connectivity index (χ4v) is 5.56. The van der Waals surface area contributed by atoms with Gasteiger partial charge in [-0.3, -0.25) is 19.7 Å². The number of aryl methyl sites for hydroxylation is 2. The molecule has 2 aromatic carbocycles. The van der Waals surface area contributed by atoms with Crippen LogP contribution in [0.2, 0.25) is 0 Å². The normalized spacial score (nSPS) is 29.7. The van der Waals surface area contributed by atoms with Crippen LogP contribution in [-0.4, -0.2) is 23.8 Å². The lowest BCUT2D eigenvalue weighted by atomic mass is 9.76. The quantitative estimate of drug-likeness (QED) is 0.756. The Hall–Kier alpha value is -2.99. The molecular weight excluding hydrogens is 378 g/mol. The third-order valence-electron chi connectivity index (χ3n) is 6.87. The van der Waals surface area contributed by atoms with Crippen molar-refractivity contribution in [2.24, 2.45) is 17.8 Å². The molecule has 154 valence electrons. The number of nitrogens with zero attached hydrogens (tertiary/aromatic N) is 1. The van der Waals surface area contributed by atoms with Crippen LogP contribution in [0.4, 0.5) is 11.4 Å². The van der Waals surface area contributed by atoms with Gasteiger partial charge in [0.05, 0.1) is 17.5 Å². The molecule has 0 saturated carbocycles. The van der Waals surface area contributed by atoms with Crippen molar-refractivity contribution in [2.45, 2.75) is 39.3 Å². The van der Waals surface area contributed by atoms with Crippen molar-refractivity contribution < 1.29 is 14.4 Å². The second-order valence-electron chi connectivity index (χ2n) is 9.03. The smallest absolute Gasteiger partial charge is 0.250 e. The first-order valence-electron chi connectivity index (χ1n) is 10.4. The Kier molecular flexibility index (Phi) is 3.96. The number of hydrogen-bond donors (Lipinski definition) is 2. The van der Waals surface area contributed by atoms with Gasteiger partial charge in [-0.25, -0.2) is 4.90 Å². The molecule has 30 heavy (non-hydrogen) atoms. The summed E-state index contributed by atoms with van der Waals surface area (Å²) in [4.78, 5) is 42.1. The van der Waals surface area contributed by atoms with E-state index in [0.29, 0.717) is 11.4 Å². The number of rotatable bonds is 2.